The van der Waals surface area contributed by atoms with Crippen LogP contribution in [0.5, 0.6) is 0 Å². The number of hydrogen-bond donors (Lipinski definition) is 0. The van der Waals surface area contributed by atoms with Gasteiger partial charge < -0.3 is 9.16 Å². The van der Waals surface area contributed by atoms with E-state index in [1.165, 1.54) is 5.56 Å². The third-order valence-corrected chi connectivity index (χ3v) is 8.64. The lowest BCUT2D eigenvalue weighted by Crippen LogP contribution is -2.44. The van der Waals surface area contributed by atoms with Crippen molar-refractivity contribution in [2.45, 2.75) is 58.0 Å². The number of ether oxygens (including phenoxy) is 1. The Balaban J connectivity index is 2.80. The van der Waals surface area contributed by atoms with Crippen molar-refractivity contribution in [1.29, 1.82) is 0 Å². The Hall–Kier alpha value is -1.08. The van der Waals surface area contributed by atoms with Crippen LogP contribution in [0, 0.1) is 12.3 Å². The van der Waals surface area contributed by atoms with Crippen molar-refractivity contribution in [3.8, 4) is 12.3 Å². The smallest absolute Gasteiger partial charge is 0.193 e. The van der Waals surface area contributed by atoms with E-state index in [-0.39, 0.29) is 11.1 Å². The van der Waals surface area contributed by atoms with Gasteiger partial charge in [0, 0.05) is 13.5 Å². The van der Waals surface area contributed by atoms with Crippen LogP contribution in [-0.2, 0) is 22.2 Å². The standard InChI is InChI=1S/C18H28O2Si/c1-8-17(20-21(6,7)18(2,3)4)13-15-10-9-11-16(12-15)14-19-5/h1,9-12,17H,13-14H2,2-7H3. The first kappa shape index (κ1) is 18.0. The molecule has 1 aromatic rings. The Morgan fingerprint density at radius 3 is 2.38 bits per heavy atom. The molecule has 0 saturated carbocycles. The van der Waals surface area contributed by atoms with Crippen molar-refractivity contribution in [3.05, 3.63) is 35.4 Å². The van der Waals surface area contributed by atoms with E-state index in [0.717, 1.165) is 12.0 Å². The van der Waals surface area contributed by atoms with Crippen LogP contribution in [0.3, 0.4) is 0 Å². The van der Waals surface area contributed by atoms with Crippen molar-refractivity contribution >= 4 is 8.32 Å². The van der Waals surface area contributed by atoms with E-state index in [2.05, 4.69) is 58.0 Å². The Morgan fingerprint density at radius 2 is 1.86 bits per heavy atom. The minimum absolute atomic E-state index is 0.163. The van der Waals surface area contributed by atoms with E-state index in [4.69, 9.17) is 15.6 Å². The Bertz CT molecular complexity index is 495. The molecule has 0 saturated heterocycles. The van der Waals surface area contributed by atoms with E-state index in [0.29, 0.717) is 6.61 Å². The average molecular weight is 305 g/mol. The average Bonchev–Trinajstić information content (AvgIpc) is 2.37. The van der Waals surface area contributed by atoms with Gasteiger partial charge >= 0.3 is 0 Å². The molecule has 0 fully saturated rings. The molecule has 1 unspecified atom stereocenters. The van der Waals surface area contributed by atoms with Crippen molar-refractivity contribution in [3.63, 3.8) is 0 Å². The molecule has 0 aliphatic carbocycles. The monoisotopic (exact) mass is 304 g/mol. The second kappa shape index (κ2) is 7.26. The Kier molecular flexibility index (Phi) is 6.21. The lowest BCUT2D eigenvalue weighted by Gasteiger charge is -2.38. The molecular weight excluding hydrogens is 276 g/mol. The van der Waals surface area contributed by atoms with Crippen LogP contribution in [0.15, 0.2) is 24.3 Å². The summed E-state index contributed by atoms with van der Waals surface area (Å²) in [7, 11) is -0.133. The third kappa shape index (κ3) is 5.31. The second-order valence-corrected chi connectivity index (χ2v) is 11.7. The van der Waals surface area contributed by atoms with Crippen LogP contribution >= 0.6 is 0 Å². The fraction of sp³-hybridized carbons (Fsp3) is 0.556. The maximum atomic E-state index is 6.33. The first-order valence-corrected chi connectivity index (χ1v) is 10.3. The Morgan fingerprint density at radius 1 is 1.24 bits per heavy atom. The van der Waals surface area contributed by atoms with Gasteiger partial charge in [0.15, 0.2) is 8.32 Å². The molecule has 2 nitrogen and oxygen atoms in total. The van der Waals surface area contributed by atoms with Crippen molar-refractivity contribution in [1.82, 2.24) is 0 Å². The number of terminal acetylenes is 1. The van der Waals surface area contributed by atoms with Gasteiger partial charge in [-0.1, -0.05) is 51.0 Å². The Labute approximate surface area is 131 Å². The SMILES string of the molecule is C#CC(Cc1cccc(COC)c1)O[Si](C)(C)C(C)(C)C. The van der Waals surface area contributed by atoms with E-state index >= 15 is 0 Å². The van der Waals surface area contributed by atoms with Gasteiger partial charge in [-0.25, -0.2) is 0 Å². The van der Waals surface area contributed by atoms with E-state index in [9.17, 15) is 0 Å². The van der Waals surface area contributed by atoms with Gasteiger partial charge in [-0.2, -0.15) is 0 Å². The zero-order valence-corrected chi connectivity index (χ0v) is 15.2. The van der Waals surface area contributed by atoms with Crippen LogP contribution in [0.25, 0.3) is 0 Å². The van der Waals surface area contributed by atoms with Crippen molar-refractivity contribution in [2.24, 2.45) is 0 Å². The molecule has 0 bridgehead atoms. The predicted octanol–water partition coefficient (Wildman–Crippen LogP) is 4.40. The number of methoxy groups -OCH3 is 1. The van der Waals surface area contributed by atoms with Gasteiger partial charge in [0.25, 0.3) is 0 Å². The summed E-state index contributed by atoms with van der Waals surface area (Å²) in [5, 5.41) is 0.167. The van der Waals surface area contributed by atoms with Gasteiger partial charge in [-0.3, -0.25) is 0 Å². The van der Waals surface area contributed by atoms with E-state index in [1.54, 1.807) is 7.11 Å². The summed E-state index contributed by atoms with van der Waals surface area (Å²) in [6.45, 7) is 11.8. The quantitative estimate of drug-likeness (QED) is 0.573. The lowest BCUT2D eigenvalue weighted by atomic mass is 10.1. The molecular formula is C18H28O2Si. The summed E-state index contributed by atoms with van der Waals surface area (Å²) in [4.78, 5) is 0. The first-order chi connectivity index (χ1) is 9.69. The molecule has 1 atom stereocenters. The van der Waals surface area contributed by atoms with E-state index in [1.807, 2.05) is 6.07 Å². The number of rotatable bonds is 6. The van der Waals surface area contributed by atoms with Gasteiger partial charge in [0.05, 0.1) is 6.61 Å². The molecule has 0 amide bonds. The fourth-order valence-corrected chi connectivity index (χ4v) is 3.11. The highest BCUT2D eigenvalue weighted by atomic mass is 28.4. The molecule has 0 radical (unpaired) electrons. The highest BCUT2D eigenvalue weighted by Crippen LogP contribution is 2.37. The summed E-state index contributed by atoms with van der Waals surface area (Å²) in [5.41, 5.74) is 2.37. The van der Waals surface area contributed by atoms with E-state index < -0.39 is 8.32 Å². The molecule has 21 heavy (non-hydrogen) atoms. The summed E-state index contributed by atoms with van der Waals surface area (Å²) in [5.74, 6) is 2.81. The molecule has 0 aliphatic heterocycles. The largest absolute Gasteiger partial charge is 0.403 e. The van der Waals surface area contributed by atoms with Gasteiger partial charge in [-0.15, -0.1) is 6.42 Å². The fourth-order valence-electron chi connectivity index (χ4n) is 1.89. The predicted molar refractivity (Wildman–Crippen MR) is 91.8 cm³/mol. The summed E-state index contributed by atoms with van der Waals surface area (Å²) >= 11 is 0. The maximum absolute atomic E-state index is 6.33. The molecule has 3 heteroatoms. The third-order valence-electron chi connectivity index (χ3n) is 4.15. The molecule has 0 N–H and O–H groups in total. The topological polar surface area (TPSA) is 18.5 Å². The zero-order valence-electron chi connectivity index (χ0n) is 14.2. The minimum Gasteiger partial charge on any atom is -0.403 e. The zero-order chi connectivity index (χ0) is 16.1. The number of benzene rings is 1. The number of hydrogen-bond acceptors (Lipinski definition) is 2. The van der Waals surface area contributed by atoms with Crippen molar-refractivity contribution in [2.75, 3.05) is 7.11 Å². The van der Waals surface area contributed by atoms with Crippen LogP contribution in [-0.4, -0.2) is 21.5 Å². The molecule has 0 spiro atoms. The summed E-state index contributed by atoms with van der Waals surface area (Å²) in [6, 6.07) is 8.34. The lowest BCUT2D eigenvalue weighted by molar-refractivity contribution is 0.184. The highest BCUT2D eigenvalue weighted by Gasteiger charge is 2.38. The second-order valence-electron chi connectivity index (χ2n) is 6.99. The molecule has 116 valence electrons. The molecule has 0 aliphatic rings. The first-order valence-electron chi connectivity index (χ1n) is 7.40. The van der Waals surface area contributed by atoms with Gasteiger partial charge in [0.1, 0.15) is 6.10 Å². The van der Waals surface area contributed by atoms with Crippen LogP contribution in [0.4, 0.5) is 0 Å². The minimum atomic E-state index is -1.84. The normalized spacial score (nSPS) is 13.8. The molecule has 0 aromatic heterocycles. The van der Waals surface area contributed by atoms with Crippen LogP contribution in [0.2, 0.25) is 18.1 Å². The van der Waals surface area contributed by atoms with Crippen molar-refractivity contribution < 1.29 is 9.16 Å². The van der Waals surface area contributed by atoms with Gasteiger partial charge in [0.2, 0.25) is 0 Å². The summed E-state index contributed by atoms with van der Waals surface area (Å²) < 4.78 is 11.5. The van der Waals surface area contributed by atoms with Gasteiger partial charge in [-0.05, 0) is 29.3 Å². The molecule has 1 aromatic carbocycles. The van der Waals surface area contributed by atoms with Crippen LogP contribution < -0.4 is 0 Å². The molecule has 1 rings (SSSR count). The maximum Gasteiger partial charge on any atom is 0.193 e. The summed E-state index contributed by atoms with van der Waals surface area (Å²) in [6.07, 6.45) is 6.28. The van der Waals surface area contributed by atoms with Crippen LogP contribution in [0.1, 0.15) is 31.9 Å². The highest BCUT2D eigenvalue weighted by molar-refractivity contribution is 6.74. The molecule has 0 heterocycles.